The smallest absolute Gasteiger partial charge is 0.312 e. The highest BCUT2D eigenvalue weighted by molar-refractivity contribution is 5.93. The minimum atomic E-state index is -1.13. The lowest BCUT2D eigenvalue weighted by molar-refractivity contribution is -0.140. The fraction of sp³-hybridized carbons (Fsp3) is 0.429. The minimum Gasteiger partial charge on any atom is -0.497 e. The van der Waals surface area contributed by atoms with Crippen molar-refractivity contribution in [3.63, 3.8) is 0 Å². The number of ether oxygens (including phenoxy) is 1. The van der Waals surface area contributed by atoms with E-state index < -0.39 is 18.3 Å². The number of carbonyl (C=O) groups is 2. The molecule has 0 saturated carbocycles. The summed E-state index contributed by atoms with van der Waals surface area (Å²) in [5.41, 5.74) is 0.768. The molecule has 0 heterocycles. The first-order chi connectivity index (χ1) is 8.85. The molecule has 19 heavy (non-hydrogen) atoms. The van der Waals surface area contributed by atoms with Crippen LogP contribution in [-0.4, -0.2) is 30.6 Å². The average Bonchev–Trinajstić information content (AvgIpc) is 2.36. The van der Waals surface area contributed by atoms with Crippen LogP contribution in [0.5, 0.6) is 5.75 Å². The standard InChI is InChI=1S/C14H19NO4/c1-14(2,9-15-12(16)8-13(17)18)10-4-6-11(19-3)7-5-10/h4-7H,8-9H2,1-3H3,(H,15,16)(H,17,18). The molecule has 1 amide bonds. The first-order valence-electron chi connectivity index (χ1n) is 5.98. The van der Waals surface area contributed by atoms with Crippen molar-refractivity contribution in [3.8, 4) is 5.75 Å². The lowest BCUT2D eigenvalue weighted by Crippen LogP contribution is -2.37. The van der Waals surface area contributed by atoms with Crippen LogP contribution < -0.4 is 10.1 Å². The molecule has 5 nitrogen and oxygen atoms in total. The lowest BCUT2D eigenvalue weighted by atomic mass is 9.84. The van der Waals surface area contributed by atoms with Gasteiger partial charge >= 0.3 is 5.97 Å². The van der Waals surface area contributed by atoms with Crippen molar-refractivity contribution in [2.45, 2.75) is 25.7 Å². The summed E-state index contributed by atoms with van der Waals surface area (Å²) in [5, 5.41) is 11.1. The second-order valence-electron chi connectivity index (χ2n) is 4.96. The third-order valence-electron chi connectivity index (χ3n) is 2.91. The Morgan fingerprint density at radius 3 is 2.32 bits per heavy atom. The summed E-state index contributed by atoms with van der Waals surface area (Å²) < 4.78 is 5.09. The number of amides is 1. The van der Waals surface area contributed by atoms with Crippen LogP contribution in [0.1, 0.15) is 25.8 Å². The number of nitrogens with one attached hydrogen (secondary N) is 1. The van der Waals surface area contributed by atoms with E-state index in [9.17, 15) is 9.59 Å². The molecule has 104 valence electrons. The van der Waals surface area contributed by atoms with Crippen molar-refractivity contribution in [1.29, 1.82) is 0 Å². The van der Waals surface area contributed by atoms with Crippen molar-refractivity contribution in [1.82, 2.24) is 5.32 Å². The molecule has 0 aliphatic rings. The molecule has 0 fully saturated rings. The summed E-state index contributed by atoms with van der Waals surface area (Å²) in [6, 6.07) is 7.58. The van der Waals surface area contributed by atoms with Gasteiger partial charge in [0.05, 0.1) is 7.11 Å². The Morgan fingerprint density at radius 2 is 1.84 bits per heavy atom. The van der Waals surface area contributed by atoms with Gasteiger partial charge in [-0.05, 0) is 17.7 Å². The Hall–Kier alpha value is -2.04. The maximum Gasteiger partial charge on any atom is 0.312 e. The number of benzene rings is 1. The van der Waals surface area contributed by atoms with Crippen LogP contribution in [0.2, 0.25) is 0 Å². The van der Waals surface area contributed by atoms with Gasteiger partial charge in [0.15, 0.2) is 0 Å². The molecule has 0 bridgehead atoms. The average molecular weight is 265 g/mol. The zero-order valence-corrected chi connectivity index (χ0v) is 11.4. The predicted octanol–water partition coefficient (Wildman–Crippen LogP) is 1.56. The molecule has 2 N–H and O–H groups in total. The topological polar surface area (TPSA) is 75.6 Å². The third-order valence-corrected chi connectivity index (χ3v) is 2.91. The number of aliphatic carboxylic acids is 1. The van der Waals surface area contributed by atoms with Crippen LogP contribution >= 0.6 is 0 Å². The van der Waals surface area contributed by atoms with Gasteiger partial charge in [0.25, 0.3) is 0 Å². The maximum atomic E-state index is 11.3. The summed E-state index contributed by atoms with van der Waals surface area (Å²) in [4.78, 5) is 21.7. The monoisotopic (exact) mass is 265 g/mol. The Balaban J connectivity index is 2.63. The van der Waals surface area contributed by atoms with Gasteiger partial charge in [-0.2, -0.15) is 0 Å². The van der Waals surface area contributed by atoms with Gasteiger partial charge in [-0.1, -0.05) is 26.0 Å². The van der Waals surface area contributed by atoms with Gasteiger partial charge in [0, 0.05) is 12.0 Å². The first-order valence-corrected chi connectivity index (χ1v) is 5.98. The van der Waals surface area contributed by atoms with Crippen molar-refractivity contribution in [2.75, 3.05) is 13.7 Å². The van der Waals surface area contributed by atoms with E-state index >= 15 is 0 Å². The van der Waals surface area contributed by atoms with Crippen LogP contribution in [0.15, 0.2) is 24.3 Å². The normalized spacial score (nSPS) is 10.9. The number of methoxy groups -OCH3 is 1. The van der Waals surface area contributed by atoms with E-state index in [0.717, 1.165) is 11.3 Å². The van der Waals surface area contributed by atoms with Gasteiger partial charge in [0.2, 0.25) is 5.91 Å². The van der Waals surface area contributed by atoms with Crippen molar-refractivity contribution in [3.05, 3.63) is 29.8 Å². The summed E-state index contributed by atoms with van der Waals surface area (Å²) >= 11 is 0. The van der Waals surface area contributed by atoms with E-state index in [-0.39, 0.29) is 5.41 Å². The molecular weight excluding hydrogens is 246 g/mol. The van der Waals surface area contributed by atoms with Crippen LogP contribution in [0.4, 0.5) is 0 Å². The highest BCUT2D eigenvalue weighted by Gasteiger charge is 2.21. The Labute approximate surface area is 112 Å². The molecule has 1 aromatic rings. The molecule has 0 aliphatic heterocycles. The molecule has 1 rings (SSSR count). The van der Waals surface area contributed by atoms with Crippen LogP contribution in [0.3, 0.4) is 0 Å². The molecule has 0 unspecified atom stereocenters. The SMILES string of the molecule is COc1ccc(C(C)(C)CNC(=O)CC(=O)O)cc1. The largest absolute Gasteiger partial charge is 0.497 e. The lowest BCUT2D eigenvalue weighted by Gasteiger charge is -2.25. The zero-order chi connectivity index (χ0) is 14.5. The molecule has 0 saturated heterocycles. The van der Waals surface area contributed by atoms with Crippen molar-refractivity contribution >= 4 is 11.9 Å². The van der Waals surface area contributed by atoms with E-state index in [4.69, 9.17) is 9.84 Å². The minimum absolute atomic E-state index is 0.277. The Kier molecular flexibility index (Phi) is 4.92. The van der Waals surface area contributed by atoms with Crippen molar-refractivity contribution in [2.24, 2.45) is 0 Å². The molecule has 0 aromatic heterocycles. The zero-order valence-electron chi connectivity index (χ0n) is 11.4. The van der Waals surface area contributed by atoms with Crippen molar-refractivity contribution < 1.29 is 19.4 Å². The molecular formula is C14H19NO4. The number of carbonyl (C=O) groups excluding carboxylic acids is 1. The second kappa shape index (κ2) is 6.22. The van der Waals surface area contributed by atoms with Gasteiger partial charge in [-0.15, -0.1) is 0 Å². The number of carboxylic acids is 1. The van der Waals surface area contributed by atoms with Gasteiger partial charge in [-0.3, -0.25) is 9.59 Å². The van der Waals surface area contributed by atoms with Gasteiger partial charge in [0.1, 0.15) is 12.2 Å². The summed E-state index contributed by atoms with van der Waals surface area (Å²) in [5.74, 6) is -0.830. The van der Waals surface area contributed by atoms with Gasteiger partial charge in [-0.25, -0.2) is 0 Å². The number of carboxylic acid groups (broad SMARTS) is 1. The molecule has 0 radical (unpaired) electrons. The second-order valence-corrected chi connectivity index (χ2v) is 4.96. The van der Waals surface area contributed by atoms with E-state index in [2.05, 4.69) is 5.32 Å². The van der Waals surface area contributed by atoms with Crippen LogP contribution in [0, 0.1) is 0 Å². The van der Waals surface area contributed by atoms with E-state index in [1.54, 1.807) is 7.11 Å². The molecule has 0 aliphatic carbocycles. The van der Waals surface area contributed by atoms with Crippen LogP contribution in [0.25, 0.3) is 0 Å². The highest BCUT2D eigenvalue weighted by atomic mass is 16.5. The van der Waals surface area contributed by atoms with Gasteiger partial charge < -0.3 is 15.2 Å². The maximum absolute atomic E-state index is 11.3. The summed E-state index contributed by atoms with van der Waals surface area (Å²) in [6.07, 6.45) is -0.501. The van der Waals surface area contributed by atoms with Crippen LogP contribution in [-0.2, 0) is 15.0 Å². The summed E-state index contributed by atoms with van der Waals surface area (Å²) in [7, 11) is 1.60. The fourth-order valence-electron chi connectivity index (χ4n) is 1.66. The summed E-state index contributed by atoms with van der Waals surface area (Å²) in [6.45, 7) is 4.34. The number of hydrogen-bond donors (Lipinski definition) is 2. The van der Waals surface area contributed by atoms with E-state index in [0.29, 0.717) is 6.54 Å². The molecule has 5 heteroatoms. The predicted molar refractivity (Wildman–Crippen MR) is 71.3 cm³/mol. The van der Waals surface area contributed by atoms with E-state index in [1.165, 1.54) is 0 Å². The molecule has 0 atom stereocenters. The third kappa shape index (κ3) is 4.62. The Morgan fingerprint density at radius 1 is 1.26 bits per heavy atom. The molecule has 0 spiro atoms. The molecule has 1 aromatic carbocycles. The first kappa shape index (κ1) is 15.0. The fourth-order valence-corrected chi connectivity index (χ4v) is 1.66. The van der Waals surface area contributed by atoms with E-state index in [1.807, 2.05) is 38.1 Å². The number of hydrogen-bond acceptors (Lipinski definition) is 3. The number of rotatable bonds is 6. The highest BCUT2D eigenvalue weighted by Crippen LogP contribution is 2.24. The quantitative estimate of drug-likeness (QED) is 0.765. The Bertz CT molecular complexity index is 451.